The fraction of sp³-hybridized carbons (Fsp3) is 0.375. The molecule has 0 aliphatic heterocycles. The third-order valence-corrected chi connectivity index (χ3v) is 1.72. The van der Waals surface area contributed by atoms with Gasteiger partial charge in [0.05, 0.1) is 12.1 Å². The van der Waals surface area contributed by atoms with E-state index < -0.39 is 24.0 Å². The molecule has 0 aliphatic carbocycles. The number of aromatic nitrogens is 1. The van der Waals surface area contributed by atoms with Crippen LogP contribution in [0.1, 0.15) is 18.5 Å². The minimum absolute atomic E-state index is 0.0106. The lowest BCUT2D eigenvalue weighted by molar-refractivity contribution is 0.162. The van der Waals surface area contributed by atoms with Crippen LogP contribution in [-0.2, 0) is 0 Å². The highest BCUT2D eigenvalue weighted by Gasteiger charge is 2.17. The van der Waals surface area contributed by atoms with Gasteiger partial charge in [-0.3, -0.25) is 0 Å². The topological polar surface area (TPSA) is 59.1 Å². The second-order valence-corrected chi connectivity index (χ2v) is 2.78. The van der Waals surface area contributed by atoms with Crippen molar-refractivity contribution in [2.45, 2.75) is 19.1 Å². The van der Waals surface area contributed by atoms with Crippen LogP contribution in [0.25, 0.3) is 0 Å². The Kier molecular flexibility index (Phi) is 2.90. The molecule has 3 N–H and O–H groups in total. The molecule has 0 aliphatic rings. The molecule has 0 spiro atoms. The molecule has 1 rings (SSSR count). The minimum atomic E-state index is -0.978. The van der Waals surface area contributed by atoms with E-state index in [2.05, 4.69) is 4.98 Å². The molecule has 0 aromatic carbocycles. The van der Waals surface area contributed by atoms with Crippen molar-refractivity contribution in [1.82, 2.24) is 4.98 Å². The van der Waals surface area contributed by atoms with Crippen molar-refractivity contribution in [2.24, 2.45) is 5.73 Å². The maximum absolute atomic E-state index is 12.9. The summed E-state index contributed by atoms with van der Waals surface area (Å²) in [6.45, 7) is 1.42. The van der Waals surface area contributed by atoms with Gasteiger partial charge >= 0.3 is 0 Å². The first kappa shape index (κ1) is 10.0. The van der Waals surface area contributed by atoms with Gasteiger partial charge in [-0.2, -0.15) is 13.8 Å². The minimum Gasteiger partial charge on any atom is -0.391 e. The van der Waals surface area contributed by atoms with Crippen LogP contribution in [-0.4, -0.2) is 16.2 Å². The maximum atomic E-state index is 12.9. The standard InChI is InChI=1S/C8H10F2N2O/c1-4(13)7(11)5-2-3-6(9)12-8(5)10/h2-4,7,13H,11H2,1H3/t4-,7+/m0/s1. The third-order valence-electron chi connectivity index (χ3n) is 1.72. The van der Waals surface area contributed by atoms with E-state index in [1.54, 1.807) is 0 Å². The summed E-state index contributed by atoms with van der Waals surface area (Å²) >= 11 is 0. The van der Waals surface area contributed by atoms with E-state index in [1.165, 1.54) is 13.0 Å². The summed E-state index contributed by atoms with van der Waals surface area (Å²) in [6.07, 6.45) is -0.901. The van der Waals surface area contributed by atoms with E-state index in [9.17, 15) is 8.78 Å². The highest BCUT2D eigenvalue weighted by atomic mass is 19.1. The summed E-state index contributed by atoms with van der Waals surface area (Å²) in [6, 6.07) is 1.29. The molecule has 0 unspecified atom stereocenters. The van der Waals surface area contributed by atoms with Crippen LogP contribution in [0.3, 0.4) is 0 Å². The predicted octanol–water partition coefficient (Wildman–Crippen LogP) is 0.740. The fourth-order valence-corrected chi connectivity index (χ4v) is 0.931. The highest BCUT2D eigenvalue weighted by Crippen LogP contribution is 2.16. The van der Waals surface area contributed by atoms with Crippen molar-refractivity contribution in [2.75, 3.05) is 0 Å². The zero-order valence-electron chi connectivity index (χ0n) is 7.04. The Bertz CT molecular complexity index is 304. The number of aliphatic hydroxyl groups excluding tert-OH is 1. The number of pyridine rings is 1. The van der Waals surface area contributed by atoms with E-state index in [1.807, 2.05) is 0 Å². The van der Waals surface area contributed by atoms with Gasteiger partial charge in [-0.1, -0.05) is 0 Å². The third kappa shape index (κ3) is 2.19. The van der Waals surface area contributed by atoms with Gasteiger partial charge in [0.15, 0.2) is 0 Å². The summed E-state index contributed by atoms with van der Waals surface area (Å²) in [5, 5.41) is 9.05. The molecule has 2 atom stereocenters. The number of hydrogen-bond donors (Lipinski definition) is 2. The quantitative estimate of drug-likeness (QED) is 0.673. The van der Waals surface area contributed by atoms with Gasteiger partial charge in [0.1, 0.15) is 0 Å². The van der Waals surface area contributed by atoms with Gasteiger partial charge in [-0.05, 0) is 19.1 Å². The van der Waals surface area contributed by atoms with Crippen LogP contribution in [0.15, 0.2) is 12.1 Å². The first-order valence-corrected chi connectivity index (χ1v) is 3.78. The Hall–Kier alpha value is -1.07. The number of rotatable bonds is 2. The first-order chi connectivity index (χ1) is 6.02. The van der Waals surface area contributed by atoms with Crippen molar-refractivity contribution >= 4 is 0 Å². The molecule has 0 saturated heterocycles. The Morgan fingerprint density at radius 3 is 2.54 bits per heavy atom. The largest absolute Gasteiger partial charge is 0.391 e. The van der Waals surface area contributed by atoms with Gasteiger partial charge in [0.25, 0.3) is 0 Å². The highest BCUT2D eigenvalue weighted by molar-refractivity contribution is 5.16. The molecule has 3 nitrogen and oxygen atoms in total. The van der Waals surface area contributed by atoms with Gasteiger partial charge < -0.3 is 10.8 Å². The van der Waals surface area contributed by atoms with Crippen molar-refractivity contribution in [1.29, 1.82) is 0 Å². The molecule has 0 radical (unpaired) electrons. The normalized spacial score (nSPS) is 15.5. The van der Waals surface area contributed by atoms with Gasteiger partial charge in [0.2, 0.25) is 11.9 Å². The van der Waals surface area contributed by atoms with Crippen molar-refractivity contribution in [3.05, 3.63) is 29.6 Å². The molecule has 1 heterocycles. The SMILES string of the molecule is C[C@H](O)[C@@H](N)c1ccc(F)nc1F. The lowest BCUT2D eigenvalue weighted by Gasteiger charge is -2.14. The van der Waals surface area contributed by atoms with Gasteiger partial charge in [-0.25, -0.2) is 0 Å². The second kappa shape index (κ2) is 3.76. The van der Waals surface area contributed by atoms with E-state index in [4.69, 9.17) is 10.8 Å². The Balaban J connectivity index is 3.01. The van der Waals surface area contributed by atoms with Crippen LogP contribution in [0, 0.1) is 11.9 Å². The number of nitrogens with zero attached hydrogens (tertiary/aromatic N) is 1. The molecular weight excluding hydrogens is 178 g/mol. The van der Waals surface area contributed by atoms with Crippen LogP contribution in [0.4, 0.5) is 8.78 Å². The van der Waals surface area contributed by atoms with Crippen LogP contribution < -0.4 is 5.73 Å². The molecule has 1 aromatic heterocycles. The number of aliphatic hydroxyl groups is 1. The van der Waals surface area contributed by atoms with E-state index in [0.717, 1.165) is 6.07 Å². The fourth-order valence-electron chi connectivity index (χ4n) is 0.931. The summed E-state index contributed by atoms with van der Waals surface area (Å²) in [5.74, 6) is -1.88. The summed E-state index contributed by atoms with van der Waals surface area (Å²) < 4.78 is 25.3. The van der Waals surface area contributed by atoms with Crippen molar-refractivity contribution in [3.63, 3.8) is 0 Å². The summed E-state index contributed by atoms with van der Waals surface area (Å²) in [4.78, 5) is 2.95. The molecule has 0 saturated carbocycles. The molecular formula is C8H10F2N2O. The van der Waals surface area contributed by atoms with Gasteiger partial charge in [-0.15, -0.1) is 0 Å². The zero-order chi connectivity index (χ0) is 10.0. The molecule has 5 heteroatoms. The molecule has 0 amide bonds. The molecule has 13 heavy (non-hydrogen) atoms. The maximum Gasteiger partial charge on any atom is 0.220 e. The Morgan fingerprint density at radius 2 is 2.08 bits per heavy atom. The lowest BCUT2D eigenvalue weighted by Crippen LogP contribution is -2.24. The first-order valence-electron chi connectivity index (χ1n) is 3.78. The van der Waals surface area contributed by atoms with E-state index >= 15 is 0 Å². The van der Waals surface area contributed by atoms with Gasteiger partial charge in [0, 0.05) is 5.56 Å². The number of nitrogens with two attached hydrogens (primary N) is 1. The number of halogens is 2. The average Bonchev–Trinajstić information content (AvgIpc) is 2.03. The Morgan fingerprint density at radius 1 is 1.46 bits per heavy atom. The monoisotopic (exact) mass is 188 g/mol. The van der Waals surface area contributed by atoms with Crippen molar-refractivity contribution < 1.29 is 13.9 Å². The van der Waals surface area contributed by atoms with E-state index in [-0.39, 0.29) is 5.56 Å². The van der Waals surface area contributed by atoms with Crippen LogP contribution in [0.2, 0.25) is 0 Å². The summed E-state index contributed by atoms with van der Waals surface area (Å²) in [5.41, 5.74) is 5.45. The van der Waals surface area contributed by atoms with E-state index in [0.29, 0.717) is 0 Å². The number of hydrogen-bond acceptors (Lipinski definition) is 3. The molecule has 0 fully saturated rings. The summed E-state index contributed by atoms with van der Waals surface area (Å²) in [7, 11) is 0. The predicted molar refractivity (Wildman–Crippen MR) is 42.8 cm³/mol. The lowest BCUT2D eigenvalue weighted by atomic mass is 10.1. The molecule has 0 bridgehead atoms. The molecule has 1 aromatic rings. The Labute approximate surface area is 74.2 Å². The smallest absolute Gasteiger partial charge is 0.220 e. The molecule has 72 valence electrons. The average molecular weight is 188 g/mol. The second-order valence-electron chi connectivity index (χ2n) is 2.78. The van der Waals surface area contributed by atoms with Crippen LogP contribution in [0.5, 0.6) is 0 Å². The zero-order valence-corrected chi connectivity index (χ0v) is 7.04. The van der Waals surface area contributed by atoms with Crippen molar-refractivity contribution in [3.8, 4) is 0 Å². The van der Waals surface area contributed by atoms with Crippen LogP contribution >= 0.6 is 0 Å².